The molecular formula is C24H32FN. The van der Waals surface area contributed by atoms with Gasteiger partial charge in [0.05, 0.1) is 5.56 Å². The van der Waals surface area contributed by atoms with E-state index in [-0.39, 0.29) is 11.4 Å². The minimum absolute atomic E-state index is 0.214. The zero-order valence-electron chi connectivity index (χ0n) is 16.1. The van der Waals surface area contributed by atoms with Gasteiger partial charge in [-0.05, 0) is 98.1 Å². The van der Waals surface area contributed by atoms with Gasteiger partial charge in [-0.3, -0.25) is 0 Å². The predicted molar refractivity (Wildman–Crippen MR) is 103 cm³/mol. The molecule has 140 valence electrons. The van der Waals surface area contributed by atoms with E-state index in [2.05, 4.69) is 6.92 Å². The summed E-state index contributed by atoms with van der Waals surface area (Å²) in [5, 5.41) is 9.05. The van der Waals surface area contributed by atoms with Crippen molar-refractivity contribution in [2.75, 3.05) is 0 Å². The first kappa shape index (κ1) is 18.0. The van der Waals surface area contributed by atoms with Crippen molar-refractivity contribution in [1.29, 1.82) is 5.26 Å². The maximum Gasteiger partial charge on any atom is 0.144 e. The van der Waals surface area contributed by atoms with E-state index in [1.165, 1.54) is 56.9 Å². The predicted octanol–water partition coefficient (Wildman–Crippen LogP) is 6.43. The normalized spacial score (nSPS) is 33.8. The summed E-state index contributed by atoms with van der Waals surface area (Å²) in [4.78, 5) is 0. The highest BCUT2D eigenvalue weighted by Crippen LogP contribution is 2.49. The lowest BCUT2D eigenvalue weighted by Gasteiger charge is -2.45. The minimum atomic E-state index is -0.249. The number of benzene rings is 1. The molecule has 0 bridgehead atoms. The number of nitriles is 1. The number of halogens is 1. The van der Waals surface area contributed by atoms with Gasteiger partial charge >= 0.3 is 0 Å². The second kappa shape index (κ2) is 7.71. The lowest BCUT2D eigenvalue weighted by molar-refractivity contribution is 0.0693. The summed E-state index contributed by atoms with van der Waals surface area (Å²) in [5.74, 6) is 4.26. The van der Waals surface area contributed by atoms with E-state index in [4.69, 9.17) is 5.26 Å². The highest BCUT2D eigenvalue weighted by Gasteiger charge is 2.38. The van der Waals surface area contributed by atoms with Gasteiger partial charge in [0, 0.05) is 0 Å². The van der Waals surface area contributed by atoms with E-state index < -0.39 is 0 Å². The molecule has 4 rings (SSSR count). The Balaban J connectivity index is 1.40. The molecule has 3 aliphatic carbocycles. The van der Waals surface area contributed by atoms with Gasteiger partial charge < -0.3 is 0 Å². The Kier molecular flexibility index (Phi) is 5.35. The molecule has 0 aromatic heterocycles. The van der Waals surface area contributed by atoms with E-state index in [1.54, 1.807) is 6.07 Å². The average Bonchev–Trinajstić information content (AvgIpc) is 2.68. The third-order valence-corrected chi connectivity index (χ3v) is 7.83. The molecule has 5 atom stereocenters. The molecule has 1 aromatic carbocycles. The van der Waals surface area contributed by atoms with Crippen molar-refractivity contribution in [3.63, 3.8) is 0 Å². The van der Waals surface area contributed by atoms with Crippen LogP contribution in [-0.2, 0) is 12.8 Å². The second-order valence-electron chi connectivity index (χ2n) is 9.24. The molecular weight excluding hydrogens is 321 g/mol. The van der Waals surface area contributed by atoms with E-state index in [0.717, 1.165) is 54.4 Å². The standard InChI is InChI=1S/C24H32FN/c1-2-3-16-4-5-18-13-19(7-6-17(18)12-16)20-10-11-23-21(14-20)8-9-22(15-26)24(23)25/h8-9,16-20H,2-7,10-14H2,1H3. The SMILES string of the molecule is CCCC1CCC2CC(C3CCc4c(ccc(C#N)c4F)C3)CCC2C1. The Labute approximate surface area is 158 Å². The molecule has 26 heavy (non-hydrogen) atoms. The summed E-state index contributed by atoms with van der Waals surface area (Å²) in [6.45, 7) is 2.33. The van der Waals surface area contributed by atoms with Gasteiger partial charge in [-0.25, -0.2) is 4.39 Å². The lowest BCUT2D eigenvalue weighted by atomic mass is 9.61. The van der Waals surface area contributed by atoms with Gasteiger partial charge in [0.25, 0.3) is 0 Å². The molecule has 2 fully saturated rings. The van der Waals surface area contributed by atoms with Crippen molar-refractivity contribution in [3.8, 4) is 6.07 Å². The Morgan fingerprint density at radius 1 is 1.00 bits per heavy atom. The zero-order valence-corrected chi connectivity index (χ0v) is 16.1. The number of hydrogen-bond donors (Lipinski definition) is 0. The topological polar surface area (TPSA) is 23.8 Å². The Morgan fingerprint density at radius 2 is 1.73 bits per heavy atom. The van der Waals surface area contributed by atoms with Crippen molar-refractivity contribution in [2.45, 2.75) is 77.6 Å². The summed E-state index contributed by atoms with van der Waals surface area (Å²) >= 11 is 0. The molecule has 1 aromatic rings. The highest BCUT2D eigenvalue weighted by molar-refractivity contribution is 5.41. The third kappa shape index (κ3) is 3.42. The summed E-state index contributed by atoms with van der Waals surface area (Å²) < 4.78 is 14.4. The van der Waals surface area contributed by atoms with Crippen LogP contribution >= 0.6 is 0 Å². The first-order valence-electron chi connectivity index (χ1n) is 10.9. The van der Waals surface area contributed by atoms with Crippen molar-refractivity contribution >= 4 is 0 Å². The van der Waals surface area contributed by atoms with Gasteiger partial charge in [-0.2, -0.15) is 5.26 Å². The van der Waals surface area contributed by atoms with Crippen molar-refractivity contribution in [3.05, 3.63) is 34.6 Å². The monoisotopic (exact) mass is 353 g/mol. The second-order valence-corrected chi connectivity index (χ2v) is 9.24. The van der Waals surface area contributed by atoms with E-state index in [9.17, 15) is 4.39 Å². The molecule has 3 aliphatic rings. The van der Waals surface area contributed by atoms with Crippen LogP contribution in [0, 0.1) is 46.7 Å². The fourth-order valence-corrected chi connectivity index (χ4v) is 6.45. The van der Waals surface area contributed by atoms with Crippen LogP contribution in [0.25, 0.3) is 0 Å². The Bertz CT molecular complexity index is 688. The van der Waals surface area contributed by atoms with Crippen LogP contribution in [0.15, 0.2) is 12.1 Å². The van der Waals surface area contributed by atoms with Crippen molar-refractivity contribution < 1.29 is 4.39 Å². The van der Waals surface area contributed by atoms with Crippen LogP contribution in [0.4, 0.5) is 4.39 Å². The van der Waals surface area contributed by atoms with Crippen LogP contribution in [0.2, 0.25) is 0 Å². The summed E-state index contributed by atoms with van der Waals surface area (Å²) in [6.07, 6.45) is 14.4. The number of nitrogens with zero attached hydrogens (tertiary/aromatic N) is 1. The molecule has 5 unspecified atom stereocenters. The average molecular weight is 354 g/mol. The smallest absolute Gasteiger partial charge is 0.144 e. The number of fused-ring (bicyclic) bond motifs is 2. The van der Waals surface area contributed by atoms with Gasteiger partial charge in [0.2, 0.25) is 0 Å². The van der Waals surface area contributed by atoms with Crippen LogP contribution in [-0.4, -0.2) is 0 Å². The molecule has 1 nitrogen and oxygen atoms in total. The fraction of sp³-hybridized carbons (Fsp3) is 0.708. The molecule has 0 N–H and O–H groups in total. The van der Waals surface area contributed by atoms with Gasteiger partial charge in [-0.15, -0.1) is 0 Å². The first-order chi connectivity index (χ1) is 12.7. The van der Waals surface area contributed by atoms with E-state index in [0.29, 0.717) is 0 Å². The Hall–Kier alpha value is -1.36. The molecule has 0 saturated heterocycles. The van der Waals surface area contributed by atoms with E-state index >= 15 is 0 Å². The van der Waals surface area contributed by atoms with Crippen molar-refractivity contribution in [1.82, 2.24) is 0 Å². The van der Waals surface area contributed by atoms with Gasteiger partial charge in [0.1, 0.15) is 11.9 Å². The lowest BCUT2D eigenvalue weighted by Crippen LogP contribution is -2.35. The maximum absolute atomic E-state index is 14.4. The molecule has 0 heterocycles. The third-order valence-electron chi connectivity index (χ3n) is 7.83. The van der Waals surface area contributed by atoms with Crippen LogP contribution in [0.1, 0.15) is 81.4 Å². The summed E-state index contributed by atoms with van der Waals surface area (Å²) in [5.41, 5.74) is 2.21. The fourth-order valence-electron chi connectivity index (χ4n) is 6.45. The molecule has 2 saturated carbocycles. The quantitative estimate of drug-likeness (QED) is 0.614. The summed E-state index contributed by atoms with van der Waals surface area (Å²) in [6, 6.07) is 5.69. The number of hydrogen-bond acceptors (Lipinski definition) is 1. The van der Waals surface area contributed by atoms with Gasteiger partial charge in [0.15, 0.2) is 0 Å². The maximum atomic E-state index is 14.4. The Morgan fingerprint density at radius 3 is 2.50 bits per heavy atom. The molecule has 2 heteroatoms. The largest absolute Gasteiger partial charge is 0.205 e. The van der Waals surface area contributed by atoms with Crippen LogP contribution < -0.4 is 0 Å². The number of rotatable bonds is 3. The van der Waals surface area contributed by atoms with Crippen molar-refractivity contribution in [2.24, 2.45) is 29.6 Å². The summed E-state index contributed by atoms with van der Waals surface area (Å²) in [7, 11) is 0. The highest BCUT2D eigenvalue weighted by atomic mass is 19.1. The zero-order chi connectivity index (χ0) is 18.1. The molecule has 0 spiro atoms. The molecule has 0 amide bonds. The van der Waals surface area contributed by atoms with E-state index in [1.807, 2.05) is 12.1 Å². The van der Waals surface area contributed by atoms with Crippen LogP contribution in [0.5, 0.6) is 0 Å². The molecule has 0 radical (unpaired) electrons. The first-order valence-corrected chi connectivity index (χ1v) is 10.9. The van der Waals surface area contributed by atoms with Crippen LogP contribution in [0.3, 0.4) is 0 Å². The molecule has 0 aliphatic heterocycles. The minimum Gasteiger partial charge on any atom is -0.205 e. The van der Waals surface area contributed by atoms with Gasteiger partial charge in [-0.1, -0.05) is 32.3 Å².